The van der Waals surface area contributed by atoms with Crippen molar-refractivity contribution in [3.8, 4) is 0 Å². The minimum atomic E-state index is -1.26. The molecule has 0 saturated carbocycles. The van der Waals surface area contributed by atoms with E-state index >= 15 is 0 Å². The summed E-state index contributed by atoms with van der Waals surface area (Å²) in [5.74, 6) is 0. The quantitative estimate of drug-likeness (QED) is 0.736. The van der Waals surface area contributed by atoms with Crippen LogP contribution in [0.4, 0.5) is 0 Å². The summed E-state index contributed by atoms with van der Waals surface area (Å²) < 4.78 is 11.5. The van der Waals surface area contributed by atoms with Crippen molar-refractivity contribution >= 4 is 0 Å². The summed E-state index contributed by atoms with van der Waals surface area (Å²) >= 11 is 0. The van der Waals surface area contributed by atoms with Crippen LogP contribution in [0.15, 0.2) is 60.7 Å². The van der Waals surface area contributed by atoms with E-state index in [1.165, 1.54) is 0 Å². The van der Waals surface area contributed by atoms with Gasteiger partial charge in [0.15, 0.2) is 0 Å². The highest BCUT2D eigenvalue weighted by Gasteiger charge is 2.43. The fourth-order valence-corrected chi connectivity index (χ4v) is 3.05. The summed E-state index contributed by atoms with van der Waals surface area (Å²) in [7, 11) is 0. The van der Waals surface area contributed by atoms with E-state index in [1.54, 1.807) is 0 Å². The maximum absolute atomic E-state index is 10.2. The Morgan fingerprint density at radius 1 is 0.720 bits per heavy atom. The smallest absolute Gasteiger partial charge is 0.111 e. The molecule has 5 nitrogen and oxygen atoms in total. The van der Waals surface area contributed by atoms with Gasteiger partial charge in [-0.3, -0.25) is 0 Å². The standard InChI is InChI=1S/C20H24O5/c21-18-16(11-14-7-3-1-4-8-14)25-17(19(22)20(18)23)13-24-12-15-9-5-2-6-10-15/h1-10,16-23H,11-13H2/t16-,17+,18-,19+,20+/m0/s1. The normalized spacial score (nSPS) is 29.5. The van der Waals surface area contributed by atoms with Gasteiger partial charge in [0.2, 0.25) is 0 Å². The van der Waals surface area contributed by atoms with Crippen molar-refractivity contribution < 1.29 is 24.8 Å². The van der Waals surface area contributed by atoms with Crippen molar-refractivity contribution in [2.24, 2.45) is 0 Å². The first-order chi connectivity index (χ1) is 12.1. The average molecular weight is 344 g/mol. The first-order valence-corrected chi connectivity index (χ1v) is 8.50. The van der Waals surface area contributed by atoms with Crippen molar-refractivity contribution in [3.05, 3.63) is 71.8 Å². The molecule has 0 amide bonds. The van der Waals surface area contributed by atoms with E-state index in [9.17, 15) is 15.3 Å². The molecular formula is C20H24O5. The van der Waals surface area contributed by atoms with Gasteiger partial charge in [-0.25, -0.2) is 0 Å². The lowest BCUT2D eigenvalue weighted by Gasteiger charge is -2.40. The van der Waals surface area contributed by atoms with Gasteiger partial charge in [0.05, 0.1) is 19.3 Å². The highest BCUT2D eigenvalue weighted by Crippen LogP contribution is 2.24. The number of aliphatic hydroxyl groups is 3. The minimum absolute atomic E-state index is 0.144. The predicted molar refractivity (Wildman–Crippen MR) is 92.9 cm³/mol. The third kappa shape index (κ3) is 4.66. The number of aliphatic hydroxyl groups excluding tert-OH is 3. The molecule has 1 saturated heterocycles. The van der Waals surface area contributed by atoms with E-state index < -0.39 is 30.5 Å². The van der Waals surface area contributed by atoms with E-state index in [2.05, 4.69) is 0 Å². The number of benzene rings is 2. The van der Waals surface area contributed by atoms with Gasteiger partial charge in [-0.1, -0.05) is 60.7 Å². The summed E-state index contributed by atoms with van der Waals surface area (Å²) in [6.45, 7) is 0.542. The van der Waals surface area contributed by atoms with Crippen molar-refractivity contribution in [1.82, 2.24) is 0 Å². The summed E-state index contributed by atoms with van der Waals surface area (Å²) in [4.78, 5) is 0. The zero-order valence-electron chi connectivity index (χ0n) is 13.9. The van der Waals surface area contributed by atoms with E-state index in [0.29, 0.717) is 13.0 Å². The SMILES string of the molecule is O[C@@H]1[C@@H](O)[C@H](Cc2ccccc2)O[C@H](COCc2ccccc2)[C@H]1O. The summed E-state index contributed by atoms with van der Waals surface area (Å²) in [5, 5.41) is 30.5. The van der Waals surface area contributed by atoms with E-state index in [1.807, 2.05) is 60.7 Å². The molecular weight excluding hydrogens is 320 g/mol. The Morgan fingerprint density at radius 3 is 1.92 bits per heavy atom. The molecule has 5 heteroatoms. The van der Waals surface area contributed by atoms with Crippen LogP contribution in [0.1, 0.15) is 11.1 Å². The zero-order chi connectivity index (χ0) is 17.6. The molecule has 2 aromatic rings. The lowest BCUT2D eigenvalue weighted by atomic mass is 9.91. The second-order valence-corrected chi connectivity index (χ2v) is 6.38. The Kier molecular flexibility index (Phi) is 6.18. The van der Waals surface area contributed by atoms with Gasteiger partial charge in [-0.05, 0) is 11.1 Å². The number of rotatable bonds is 6. The third-order valence-electron chi connectivity index (χ3n) is 4.48. The van der Waals surface area contributed by atoms with Crippen LogP contribution >= 0.6 is 0 Å². The Hall–Kier alpha value is -1.76. The monoisotopic (exact) mass is 344 g/mol. The predicted octanol–water partition coefficient (Wildman–Crippen LogP) is 1.30. The topological polar surface area (TPSA) is 79.2 Å². The van der Waals surface area contributed by atoms with Gasteiger partial charge in [0, 0.05) is 6.42 Å². The largest absolute Gasteiger partial charge is 0.388 e. The van der Waals surface area contributed by atoms with Crippen LogP contribution in [0.3, 0.4) is 0 Å². The van der Waals surface area contributed by atoms with Crippen LogP contribution in [0.25, 0.3) is 0 Å². The van der Waals surface area contributed by atoms with Gasteiger partial charge < -0.3 is 24.8 Å². The number of hydrogen-bond donors (Lipinski definition) is 3. The molecule has 3 N–H and O–H groups in total. The zero-order valence-corrected chi connectivity index (χ0v) is 13.9. The molecule has 25 heavy (non-hydrogen) atoms. The van der Waals surface area contributed by atoms with E-state index in [4.69, 9.17) is 9.47 Å². The molecule has 134 valence electrons. The maximum Gasteiger partial charge on any atom is 0.111 e. The number of hydrogen-bond acceptors (Lipinski definition) is 5. The van der Waals surface area contributed by atoms with E-state index in [-0.39, 0.29) is 6.61 Å². The Balaban J connectivity index is 1.58. The molecule has 0 bridgehead atoms. The summed E-state index contributed by atoms with van der Waals surface area (Å²) in [5.41, 5.74) is 2.02. The van der Waals surface area contributed by atoms with Crippen molar-refractivity contribution in [1.29, 1.82) is 0 Å². The van der Waals surface area contributed by atoms with Crippen LogP contribution in [0.2, 0.25) is 0 Å². The molecule has 1 heterocycles. The molecule has 1 aliphatic rings. The second kappa shape index (κ2) is 8.56. The molecule has 3 rings (SSSR count). The van der Waals surface area contributed by atoms with Crippen LogP contribution < -0.4 is 0 Å². The van der Waals surface area contributed by atoms with Gasteiger partial charge in [0.25, 0.3) is 0 Å². The Labute approximate surface area is 147 Å². The Morgan fingerprint density at radius 2 is 1.28 bits per heavy atom. The fraction of sp³-hybridized carbons (Fsp3) is 0.400. The van der Waals surface area contributed by atoms with Crippen LogP contribution in [0.5, 0.6) is 0 Å². The molecule has 5 atom stereocenters. The van der Waals surface area contributed by atoms with Crippen molar-refractivity contribution in [3.63, 3.8) is 0 Å². The minimum Gasteiger partial charge on any atom is -0.388 e. The molecule has 1 fully saturated rings. The number of ether oxygens (including phenoxy) is 2. The molecule has 2 aromatic carbocycles. The summed E-state index contributed by atoms with van der Waals surface area (Å²) in [6, 6.07) is 19.3. The third-order valence-corrected chi connectivity index (χ3v) is 4.48. The average Bonchev–Trinajstić information content (AvgIpc) is 2.65. The fourth-order valence-electron chi connectivity index (χ4n) is 3.05. The Bertz CT molecular complexity index is 633. The molecule has 0 radical (unpaired) electrons. The van der Waals surface area contributed by atoms with Crippen molar-refractivity contribution in [2.45, 2.75) is 43.5 Å². The van der Waals surface area contributed by atoms with Gasteiger partial charge in [0.1, 0.15) is 24.4 Å². The molecule has 1 aliphatic heterocycles. The van der Waals surface area contributed by atoms with Crippen LogP contribution in [-0.2, 0) is 22.5 Å². The highest BCUT2D eigenvalue weighted by molar-refractivity contribution is 5.16. The molecule has 0 unspecified atom stereocenters. The first-order valence-electron chi connectivity index (χ1n) is 8.50. The molecule has 0 spiro atoms. The van der Waals surface area contributed by atoms with Gasteiger partial charge >= 0.3 is 0 Å². The lowest BCUT2D eigenvalue weighted by molar-refractivity contribution is -0.232. The van der Waals surface area contributed by atoms with Crippen molar-refractivity contribution in [2.75, 3.05) is 6.61 Å². The lowest BCUT2D eigenvalue weighted by Crippen LogP contribution is -2.59. The van der Waals surface area contributed by atoms with Gasteiger partial charge in [-0.15, -0.1) is 0 Å². The highest BCUT2D eigenvalue weighted by atomic mass is 16.6. The van der Waals surface area contributed by atoms with Gasteiger partial charge in [-0.2, -0.15) is 0 Å². The first kappa shape index (κ1) is 18.0. The molecule has 0 aromatic heterocycles. The maximum atomic E-state index is 10.2. The second-order valence-electron chi connectivity index (χ2n) is 6.38. The van der Waals surface area contributed by atoms with E-state index in [0.717, 1.165) is 11.1 Å². The van der Waals surface area contributed by atoms with Crippen LogP contribution in [-0.4, -0.2) is 52.4 Å². The summed E-state index contributed by atoms with van der Waals surface area (Å²) in [6.07, 6.45) is -4.39. The van der Waals surface area contributed by atoms with Crippen LogP contribution in [0, 0.1) is 0 Å². The molecule has 0 aliphatic carbocycles.